The number of aromatic nitrogens is 1. The van der Waals surface area contributed by atoms with Gasteiger partial charge in [0, 0.05) is 38.2 Å². The Kier molecular flexibility index (Phi) is 4.53. The fraction of sp³-hybridized carbons (Fsp3) is 0.455. The highest BCUT2D eigenvalue weighted by Crippen LogP contribution is 2.33. The topological polar surface area (TPSA) is 54.9 Å². The molecule has 1 amide bonds. The van der Waals surface area contributed by atoms with Gasteiger partial charge in [0.25, 0.3) is 5.91 Å². The van der Waals surface area contributed by atoms with E-state index in [0.717, 1.165) is 56.7 Å². The summed E-state index contributed by atoms with van der Waals surface area (Å²) in [6, 6.07) is 12.0. The first-order valence-electron chi connectivity index (χ1n) is 10.1. The maximum Gasteiger partial charge on any atom is 0.276 e. The van der Waals surface area contributed by atoms with Crippen molar-refractivity contribution >= 4 is 17.3 Å². The van der Waals surface area contributed by atoms with Crippen LogP contribution in [0.3, 0.4) is 0 Å². The van der Waals surface area contributed by atoms with Gasteiger partial charge in [0.2, 0.25) is 0 Å². The molecule has 1 aromatic carbocycles. The molecule has 0 bridgehead atoms. The summed E-state index contributed by atoms with van der Waals surface area (Å²) in [7, 11) is 0. The molecule has 146 valence electrons. The molecule has 28 heavy (non-hydrogen) atoms. The number of nitrogens with zero attached hydrogens (tertiary/aromatic N) is 3. The normalized spacial score (nSPS) is 21.0. The van der Waals surface area contributed by atoms with E-state index in [4.69, 9.17) is 9.47 Å². The minimum Gasteiger partial charge on any atom is -0.370 e. The van der Waals surface area contributed by atoms with Gasteiger partial charge in [-0.1, -0.05) is 18.2 Å². The van der Waals surface area contributed by atoms with Crippen LogP contribution in [0, 0.1) is 0 Å². The van der Waals surface area contributed by atoms with Crippen LogP contribution in [0.2, 0.25) is 0 Å². The van der Waals surface area contributed by atoms with Gasteiger partial charge in [-0.15, -0.1) is 0 Å². The molecular weight excluding hydrogens is 354 g/mol. The SMILES string of the molecule is O=C(c1ccc(N2CCC3(CC2)OCCO3)cn1)N1CCCc2ccccc21. The van der Waals surface area contributed by atoms with Crippen LogP contribution in [0.5, 0.6) is 0 Å². The number of amides is 1. The Hall–Kier alpha value is -2.44. The van der Waals surface area contributed by atoms with Gasteiger partial charge >= 0.3 is 0 Å². The highest BCUT2D eigenvalue weighted by Gasteiger charge is 2.39. The quantitative estimate of drug-likeness (QED) is 0.803. The second kappa shape index (κ2) is 7.18. The highest BCUT2D eigenvalue weighted by atomic mass is 16.7. The van der Waals surface area contributed by atoms with Gasteiger partial charge in [-0.3, -0.25) is 4.79 Å². The zero-order valence-electron chi connectivity index (χ0n) is 16.0. The van der Waals surface area contributed by atoms with Gasteiger partial charge < -0.3 is 19.3 Å². The predicted octanol–water partition coefficient (Wildman–Crippen LogP) is 3.02. The van der Waals surface area contributed by atoms with Crippen molar-refractivity contribution in [3.05, 3.63) is 53.9 Å². The maximum atomic E-state index is 13.0. The van der Waals surface area contributed by atoms with E-state index in [2.05, 4.69) is 16.0 Å². The Morgan fingerprint density at radius 3 is 2.54 bits per heavy atom. The zero-order chi connectivity index (χ0) is 19.0. The molecule has 3 aliphatic rings. The zero-order valence-corrected chi connectivity index (χ0v) is 16.0. The van der Waals surface area contributed by atoms with Crippen molar-refractivity contribution in [2.24, 2.45) is 0 Å². The molecule has 4 heterocycles. The first kappa shape index (κ1) is 17.6. The molecule has 0 radical (unpaired) electrons. The number of pyridine rings is 1. The predicted molar refractivity (Wildman–Crippen MR) is 107 cm³/mol. The van der Waals surface area contributed by atoms with E-state index >= 15 is 0 Å². The summed E-state index contributed by atoms with van der Waals surface area (Å²) in [6.45, 7) is 3.87. The lowest BCUT2D eigenvalue weighted by molar-refractivity contribution is -0.169. The summed E-state index contributed by atoms with van der Waals surface area (Å²) < 4.78 is 11.6. The average molecular weight is 379 g/mol. The second-order valence-corrected chi connectivity index (χ2v) is 7.69. The van der Waals surface area contributed by atoms with Crippen LogP contribution in [0.1, 0.15) is 35.3 Å². The van der Waals surface area contributed by atoms with Crippen molar-refractivity contribution < 1.29 is 14.3 Å². The Balaban J connectivity index is 1.29. The van der Waals surface area contributed by atoms with Crippen LogP contribution >= 0.6 is 0 Å². The van der Waals surface area contributed by atoms with Crippen LogP contribution in [-0.4, -0.2) is 49.5 Å². The van der Waals surface area contributed by atoms with E-state index in [1.165, 1.54) is 5.56 Å². The van der Waals surface area contributed by atoms with Gasteiger partial charge in [-0.25, -0.2) is 4.98 Å². The Labute approximate surface area is 165 Å². The van der Waals surface area contributed by atoms with Crippen LogP contribution in [0.25, 0.3) is 0 Å². The Bertz CT molecular complexity index is 852. The standard InChI is InChI=1S/C22H25N3O3/c26-21(25-11-3-5-17-4-1-2-6-20(17)25)19-8-7-18(16-23-19)24-12-9-22(10-13-24)27-14-15-28-22/h1-2,4,6-8,16H,3,5,9-15H2. The molecule has 5 rings (SSSR count). The van der Waals surface area contributed by atoms with Crippen molar-refractivity contribution in [1.82, 2.24) is 4.98 Å². The van der Waals surface area contributed by atoms with Crippen molar-refractivity contribution in [3.8, 4) is 0 Å². The molecule has 1 aromatic heterocycles. The van der Waals surface area contributed by atoms with Crippen molar-refractivity contribution in [2.45, 2.75) is 31.5 Å². The summed E-state index contributed by atoms with van der Waals surface area (Å²) in [4.78, 5) is 21.7. The van der Waals surface area contributed by atoms with E-state index in [9.17, 15) is 4.79 Å². The maximum absolute atomic E-state index is 13.0. The smallest absolute Gasteiger partial charge is 0.276 e. The number of ether oxygens (including phenoxy) is 2. The number of fused-ring (bicyclic) bond motifs is 1. The minimum absolute atomic E-state index is 0.0240. The third kappa shape index (κ3) is 3.16. The first-order chi connectivity index (χ1) is 13.7. The van der Waals surface area contributed by atoms with E-state index in [1.54, 1.807) is 0 Å². The van der Waals surface area contributed by atoms with Crippen molar-refractivity contribution in [3.63, 3.8) is 0 Å². The number of para-hydroxylation sites is 1. The van der Waals surface area contributed by atoms with Crippen molar-refractivity contribution in [1.29, 1.82) is 0 Å². The number of aryl methyl sites for hydroxylation is 1. The van der Waals surface area contributed by atoms with E-state index in [-0.39, 0.29) is 11.7 Å². The fourth-order valence-corrected chi connectivity index (χ4v) is 4.47. The highest BCUT2D eigenvalue weighted by molar-refractivity contribution is 6.05. The summed E-state index contributed by atoms with van der Waals surface area (Å²) >= 11 is 0. The molecular formula is C22H25N3O3. The molecule has 0 aliphatic carbocycles. The van der Waals surface area contributed by atoms with Crippen LogP contribution in [-0.2, 0) is 15.9 Å². The molecule has 6 heteroatoms. The van der Waals surface area contributed by atoms with Crippen LogP contribution < -0.4 is 9.80 Å². The number of rotatable bonds is 2. The molecule has 3 aliphatic heterocycles. The molecule has 1 spiro atoms. The summed E-state index contributed by atoms with van der Waals surface area (Å²) in [5.41, 5.74) is 3.79. The molecule has 2 aromatic rings. The van der Waals surface area contributed by atoms with Crippen LogP contribution in [0.15, 0.2) is 42.6 Å². The first-order valence-corrected chi connectivity index (χ1v) is 10.1. The third-order valence-corrected chi connectivity index (χ3v) is 6.03. The number of piperidine rings is 1. The molecule has 0 N–H and O–H groups in total. The summed E-state index contributed by atoms with van der Waals surface area (Å²) in [5, 5.41) is 0. The second-order valence-electron chi connectivity index (χ2n) is 7.69. The van der Waals surface area contributed by atoms with E-state index in [0.29, 0.717) is 18.9 Å². The Morgan fingerprint density at radius 2 is 1.79 bits per heavy atom. The van der Waals surface area contributed by atoms with E-state index < -0.39 is 0 Å². The molecule has 2 saturated heterocycles. The number of carbonyl (C=O) groups is 1. The number of anilines is 2. The lowest BCUT2D eigenvalue weighted by Gasteiger charge is -2.38. The van der Waals surface area contributed by atoms with Gasteiger partial charge in [0.05, 0.1) is 25.1 Å². The number of hydrogen-bond acceptors (Lipinski definition) is 5. The molecule has 0 saturated carbocycles. The Morgan fingerprint density at radius 1 is 1.00 bits per heavy atom. The number of hydrogen-bond donors (Lipinski definition) is 0. The average Bonchev–Trinajstić information content (AvgIpc) is 3.21. The summed E-state index contributed by atoms with van der Waals surface area (Å²) in [6.07, 6.45) is 5.55. The van der Waals surface area contributed by atoms with Gasteiger partial charge in [-0.2, -0.15) is 0 Å². The molecule has 0 atom stereocenters. The molecule has 6 nitrogen and oxygen atoms in total. The fourth-order valence-electron chi connectivity index (χ4n) is 4.47. The van der Waals surface area contributed by atoms with Gasteiger partial charge in [0.15, 0.2) is 5.79 Å². The number of carbonyl (C=O) groups excluding carboxylic acids is 1. The third-order valence-electron chi connectivity index (χ3n) is 6.03. The van der Waals surface area contributed by atoms with Gasteiger partial charge in [0.1, 0.15) is 5.69 Å². The van der Waals surface area contributed by atoms with Gasteiger partial charge in [-0.05, 0) is 36.6 Å². The van der Waals surface area contributed by atoms with Crippen molar-refractivity contribution in [2.75, 3.05) is 42.6 Å². The lowest BCUT2D eigenvalue weighted by atomic mass is 10.0. The molecule has 0 unspecified atom stereocenters. The van der Waals surface area contributed by atoms with E-state index in [1.807, 2.05) is 41.4 Å². The summed E-state index contributed by atoms with van der Waals surface area (Å²) in [5.74, 6) is -0.398. The lowest BCUT2D eigenvalue weighted by Crippen LogP contribution is -2.45. The number of benzene rings is 1. The monoisotopic (exact) mass is 379 g/mol. The molecule has 2 fully saturated rings. The largest absolute Gasteiger partial charge is 0.370 e. The minimum atomic E-state index is -0.374. The van der Waals surface area contributed by atoms with Crippen LogP contribution in [0.4, 0.5) is 11.4 Å².